The first-order chi connectivity index (χ1) is 17.7. The van der Waals surface area contributed by atoms with Crippen molar-refractivity contribution < 1.29 is 14.1 Å². The fourth-order valence-electron chi connectivity index (χ4n) is 3.57. The molecular weight excluding hydrogens is 512 g/mol. The Morgan fingerprint density at radius 1 is 1.19 bits per heavy atom. The molecule has 3 aromatic carbocycles. The average Bonchev–Trinajstić information content (AvgIpc) is 3.31. The number of benzene rings is 3. The van der Waals surface area contributed by atoms with Gasteiger partial charge in [0.05, 0.1) is 4.92 Å². The Kier molecular flexibility index (Phi) is 7.95. The lowest BCUT2D eigenvalue weighted by Gasteiger charge is -2.08. The first-order valence-electron chi connectivity index (χ1n) is 11.5. The Morgan fingerprint density at radius 2 is 1.95 bits per heavy atom. The van der Waals surface area contributed by atoms with Crippen molar-refractivity contribution >= 4 is 63.4 Å². The Morgan fingerprint density at radius 3 is 2.65 bits per heavy atom. The summed E-state index contributed by atoms with van der Waals surface area (Å²) in [6, 6.07) is 17.6. The molecule has 4 rings (SSSR count). The van der Waals surface area contributed by atoms with Gasteiger partial charge >= 0.3 is 0 Å². The second-order valence-corrected chi connectivity index (χ2v) is 9.19. The number of anilines is 1. The second kappa shape index (κ2) is 11.3. The summed E-state index contributed by atoms with van der Waals surface area (Å²) in [5, 5.41) is 16.6. The van der Waals surface area contributed by atoms with Crippen LogP contribution in [0, 0.1) is 10.1 Å². The summed E-state index contributed by atoms with van der Waals surface area (Å²) in [5.74, 6) is 0.481. The third-order valence-electron chi connectivity index (χ3n) is 5.81. The number of nitro benzene ring substituents is 1. The zero-order valence-electron chi connectivity index (χ0n) is 20.0. The SMILES string of the molecule is CC[C@H](C)c1ccc2oc(-c3ccc(NC(=S)NC(=O)/C=C/c4ccc(Cl)c([N+](=O)[O-])c4)cc3)nc2c1. The highest BCUT2D eigenvalue weighted by atomic mass is 35.5. The molecule has 0 aliphatic heterocycles. The highest BCUT2D eigenvalue weighted by molar-refractivity contribution is 7.80. The quantitative estimate of drug-likeness (QED) is 0.113. The summed E-state index contributed by atoms with van der Waals surface area (Å²) in [4.78, 5) is 27.3. The molecule has 0 fully saturated rings. The van der Waals surface area contributed by atoms with E-state index in [9.17, 15) is 14.9 Å². The van der Waals surface area contributed by atoms with Gasteiger partial charge in [0.2, 0.25) is 11.8 Å². The highest BCUT2D eigenvalue weighted by Crippen LogP contribution is 2.29. The lowest BCUT2D eigenvalue weighted by Crippen LogP contribution is -2.32. The van der Waals surface area contributed by atoms with Gasteiger partial charge in [0.25, 0.3) is 5.69 Å². The third-order valence-corrected chi connectivity index (χ3v) is 6.34. The van der Waals surface area contributed by atoms with Crippen LogP contribution in [-0.2, 0) is 4.79 Å². The molecule has 4 aromatic rings. The normalized spacial score (nSPS) is 12.0. The topological polar surface area (TPSA) is 110 Å². The number of oxazole rings is 1. The van der Waals surface area contributed by atoms with Crippen LogP contribution >= 0.6 is 23.8 Å². The van der Waals surface area contributed by atoms with Gasteiger partial charge in [0, 0.05) is 23.4 Å². The molecule has 0 saturated heterocycles. The summed E-state index contributed by atoms with van der Waals surface area (Å²) in [6.45, 7) is 4.34. The summed E-state index contributed by atoms with van der Waals surface area (Å²) in [5.41, 5.74) is 4.47. The van der Waals surface area contributed by atoms with Crippen LogP contribution in [-0.4, -0.2) is 20.9 Å². The Bertz CT molecular complexity index is 1510. The molecule has 1 aromatic heterocycles. The standard InChI is InChI=1S/C27H23ClN4O4S/c1-3-16(2)19-8-12-24-22(15-19)30-26(36-24)18-6-9-20(10-7-18)29-27(37)31-25(33)13-5-17-4-11-21(28)23(14-17)32(34)35/h4-16H,3H2,1-2H3,(H2,29,31,33,37)/b13-5+/t16-/m0/s1. The molecule has 37 heavy (non-hydrogen) atoms. The number of hydrogen-bond donors (Lipinski definition) is 2. The lowest BCUT2D eigenvalue weighted by molar-refractivity contribution is -0.384. The van der Waals surface area contributed by atoms with E-state index in [0.717, 1.165) is 23.1 Å². The molecule has 2 N–H and O–H groups in total. The average molecular weight is 535 g/mol. The minimum Gasteiger partial charge on any atom is -0.436 e. The number of halogens is 1. The van der Waals surface area contributed by atoms with Gasteiger partial charge in [0.15, 0.2) is 10.7 Å². The minimum absolute atomic E-state index is 0.0230. The van der Waals surface area contributed by atoms with Crippen molar-refractivity contribution in [2.24, 2.45) is 0 Å². The van der Waals surface area contributed by atoms with Crippen LogP contribution in [0.15, 0.2) is 71.2 Å². The molecular formula is C27H23ClN4O4S. The monoisotopic (exact) mass is 534 g/mol. The van der Waals surface area contributed by atoms with Gasteiger partial charge in [-0.25, -0.2) is 4.98 Å². The Hall–Kier alpha value is -4.08. The van der Waals surface area contributed by atoms with E-state index in [-0.39, 0.29) is 15.8 Å². The number of thiocarbonyl (C=S) groups is 1. The van der Waals surface area contributed by atoms with Gasteiger partial charge < -0.3 is 9.73 Å². The number of carbonyl (C=O) groups is 1. The number of amides is 1. The Balaban J connectivity index is 1.37. The number of aromatic nitrogens is 1. The van der Waals surface area contributed by atoms with Crippen LogP contribution in [0.4, 0.5) is 11.4 Å². The van der Waals surface area contributed by atoms with E-state index in [4.69, 9.17) is 28.2 Å². The lowest BCUT2D eigenvalue weighted by atomic mass is 9.98. The molecule has 1 heterocycles. The van der Waals surface area contributed by atoms with Crippen molar-refractivity contribution in [2.45, 2.75) is 26.2 Å². The molecule has 0 unspecified atom stereocenters. The van der Waals surface area contributed by atoms with Crippen LogP contribution in [0.3, 0.4) is 0 Å². The molecule has 0 bridgehead atoms. The maximum absolute atomic E-state index is 12.2. The molecule has 1 atom stereocenters. The van der Waals surface area contributed by atoms with Gasteiger partial charge in [-0.05, 0) is 84.2 Å². The number of nitro groups is 1. The molecule has 0 spiro atoms. The van der Waals surface area contributed by atoms with Crippen molar-refractivity contribution in [3.8, 4) is 11.5 Å². The van der Waals surface area contributed by atoms with E-state index in [1.54, 1.807) is 18.2 Å². The van der Waals surface area contributed by atoms with E-state index < -0.39 is 10.8 Å². The first-order valence-corrected chi connectivity index (χ1v) is 12.3. The number of carbonyl (C=O) groups excluding carboxylic acids is 1. The van der Waals surface area contributed by atoms with Crippen LogP contribution in [0.5, 0.6) is 0 Å². The number of hydrogen-bond acceptors (Lipinski definition) is 6. The molecule has 10 heteroatoms. The summed E-state index contributed by atoms with van der Waals surface area (Å²) >= 11 is 11.0. The summed E-state index contributed by atoms with van der Waals surface area (Å²) < 4.78 is 5.92. The zero-order chi connectivity index (χ0) is 26.5. The van der Waals surface area contributed by atoms with Crippen molar-refractivity contribution in [1.29, 1.82) is 0 Å². The highest BCUT2D eigenvalue weighted by Gasteiger charge is 2.13. The molecule has 0 radical (unpaired) electrons. The number of fused-ring (bicyclic) bond motifs is 1. The molecule has 188 valence electrons. The van der Waals surface area contributed by atoms with Crippen molar-refractivity contribution in [3.63, 3.8) is 0 Å². The smallest absolute Gasteiger partial charge is 0.288 e. The molecule has 0 saturated carbocycles. The minimum atomic E-state index is -0.585. The van der Waals surface area contributed by atoms with Crippen molar-refractivity contribution in [3.05, 3.63) is 93.0 Å². The van der Waals surface area contributed by atoms with Gasteiger partial charge in [-0.2, -0.15) is 0 Å². The number of nitrogens with one attached hydrogen (secondary N) is 2. The van der Waals surface area contributed by atoms with Gasteiger partial charge in [0.1, 0.15) is 10.5 Å². The van der Waals surface area contributed by atoms with Crippen LogP contribution in [0.25, 0.3) is 28.6 Å². The van der Waals surface area contributed by atoms with Gasteiger partial charge in [-0.1, -0.05) is 37.6 Å². The fourth-order valence-corrected chi connectivity index (χ4v) is 3.97. The summed E-state index contributed by atoms with van der Waals surface area (Å²) in [6.07, 6.45) is 3.71. The van der Waals surface area contributed by atoms with Crippen molar-refractivity contribution in [2.75, 3.05) is 5.32 Å². The van der Waals surface area contributed by atoms with Crippen molar-refractivity contribution in [1.82, 2.24) is 10.3 Å². The molecule has 0 aliphatic rings. The van der Waals surface area contributed by atoms with E-state index in [1.165, 1.54) is 29.8 Å². The van der Waals surface area contributed by atoms with Gasteiger partial charge in [-0.3, -0.25) is 20.2 Å². The van der Waals surface area contributed by atoms with E-state index in [1.807, 2.05) is 18.2 Å². The maximum Gasteiger partial charge on any atom is 0.288 e. The molecule has 8 nitrogen and oxygen atoms in total. The van der Waals surface area contributed by atoms with E-state index in [0.29, 0.717) is 23.1 Å². The third kappa shape index (κ3) is 6.38. The van der Waals surface area contributed by atoms with Gasteiger partial charge in [-0.15, -0.1) is 0 Å². The second-order valence-electron chi connectivity index (χ2n) is 8.38. The van der Waals surface area contributed by atoms with Crippen LogP contribution in [0.2, 0.25) is 5.02 Å². The zero-order valence-corrected chi connectivity index (χ0v) is 21.6. The van der Waals surface area contributed by atoms with E-state index in [2.05, 4.69) is 41.6 Å². The molecule has 1 amide bonds. The van der Waals surface area contributed by atoms with Crippen LogP contribution < -0.4 is 10.6 Å². The van der Waals surface area contributed by atoms with E-state index >= 15 is 0 Å². The number of rotatable bonds is 7. The first kappa shape index (κ1) is 26.0. The maximum atomic E-state index is 12.2. The fraction of sp³-hybridized carbons (Fsp3) is 0.148. The number of nitrogens with zero attached hydrogens (tertiary/aromatic N) is 2. The predicted octanol–water partition coefficient (Wildman–Crippen LogP) is 7.10. The summed E-state index contributed by atoms with van der Waals surface area (Å²) in [7, 11) is 0. The Labute approximate surface area is 223 Å². The predicted molar refractivity (Wildman–Crippen MR) is 150 cm³/mol. The largest absolute Gasteiger partial charge is 0.436 e. The van der Waals surface area contributed by atoms with Crippen LogP contribution in [0.1, 0.15) is 37.3 Å². The molecule has 0 aliphatic carbocycles.